The molecule has 0 aliphatic rings. The summed E-state index contributed by atoms with van der Waals surface area (Å²) in [4.78, 5) is 59.9. The van der Waals surface area contributed by atoms with Gasteiger partial charge in [0.05, 0.1) is 23.3 Å². The van der Waals surface area contributed by atoms with Crippen LogP contribution in [-0.4, -0.2) is 37.5 Å². The molecule has 0 fully saturated rings. The summed E-state index contributed by atoms with van der Waals surface area (Å²) in [5.41, 5.74) is 0. The van der Waals surface area contributed by atoms with Gasteiger partial charge in [0.15, 0.2) is 0 Å². The number of rotatable bonds is 13. The number of unbranched alkanes of at least 4 members (excludes halogenated alkanes) is 3. The maximum absolute atomic E-state index is 11.1. The molecule has 28 heavy (non-hydrogen) atoms. The minimum absolute atomic E-state index is 0.0549. The quantitative estimate of drug-likeness (QED) is 0.146. The van der Waals surface area contributed by atoms with Crippen molar-refractivity contribution in [3.63, 3.8) is 0 Å². The molecule has 0 saturated carbocycles. The molecule has 0 aromatic heterocycles. The van der Waals surface area contributed by atoms with Gasteiger partial charge in [0.1, 0.15) is 0 Å². The molecule has 0 aromatic carbocycles. The van der Waals surface area contributed by atoms with Crippen molar-refractivity contribution in [2.75, 3.05) is 13.2 Å². The van der Waals surface area contributed by atoms with Gasteiger partial charge in [-0.25, -0.2) is 29.0 Å². The lowest BCUT2D eigenvalue weighted by Gasteiger charge is -2.04. The molecule has 0 aliphatic heterocycles. The van der Waals surface area contributed by atoms with Crippen molar-refractivity contribution < 1.29 is 58.3 Å². The van der Waals surface area contributed by atoms with Crippen molar-refractivity contribution in [2.24, 2.45) is 0 Å². The summed E-state index contributed by atoms with van der Waals surface area (Å²) in [5, 5.41) is 7.84. The number of allylic oxidation sites excluding steroid dienone is 2. The number of carbonyl (C=O) groups is 4. The van der Waals surface area contributed by atoms with Gasteiger partial charge in [0.25, 0.3) is 0 Å². The predicted molar refractivity (Wildman–Crippen MR) is 87.3 cm³/mol. The monoisotopic (exact) mass is 406 g/mol. The third-order valence-electron chi connectivity index (χ3n) is 2.52. The van der Waals surface area contributed by atoms with Gasteiger partial charge in [-0.15, -0.1) is 0 Å². The van der Waals surface area contributed by atoms with Crippen LogP contribution in [0.3, 0.4) is 0 Å². The van der Waals surface area contributed by atoms with Crippen molar-refractivity contribution in [2.45, 2.75) is 39.5 Å². The van der Waals surface area contributed by atoms with Crippen LogP contribution in [0.5, 0.6) is 0 Å². The van der Waals surface area contributed by atoms with Gasteiger partial charge in [0.2, 0.25) is 0 Å². The molecule has 158 valence electrons. The molecule has 0 atom stereocenters. The smallest absolute Gasteiger partial charge is 0.432 e. The van der Waals surface area contributed by atoms with Crippen LogP contribution >= 0.6 is 0 Å². The molecule has 0 rings (SSSR count). The Morgan fingerprint density at radius 2 is 1.00 bits per heavy atom. The summed E-state index contributed by atoms with van der Waals surface area (Å²) in [6.07, 6.45) is 4.99. The molecule has 0 bridgehead atoms. The van der Waals surface area contributed by atoms with Crippen LogP contribution < -0.4 is 0 Å². The first kappa shape index (κ1) is 24.9. The highest BCUT2D eigenvalue weighted by Crippen LogP contribution is 2.02. The third-order valence-corrected chi connectivity index (χ3v) is 2.52. The van der Waals surface area contributed by atoms with E-state index >= 15 is 0 Å². The molecule has 0 spiro atoms. The number of hydrogen-bond donors (Lipinski definition) is 0. The Kier molecular flexibility index (Phi) is 15.4. The van der Waals surface area contributed by atoms with E-state index in [0.29, 0.717) is 25.7 Å². The van der Waals surface area contributed by atoms with Gasteiger partial charge in [-0.3, -0.25) is 9.78 Å². The Morgan fingerprint density at radius 1 is 0.607 bits per heavy atom. The second-order valence-corrected chi connectivity index (χ2v) is 4.72. The van der Waals surface area contributed by atoms with Crippen LogP contribution in [0.15, 0.2) is 24.3 Å². The molecule has 0 heterocycles. The van der Waals surface area contributed by atoms with Crippen LogP contribution in [0, 0.1) is 0 Å². The fourth-order valence-corrected chi connectivity index (χ4v) is 1.40. The summed E-state index contributed by atoms with van der Waals surface area (Å²) in [6.45, 7) is 3.29. The maximum Gasteiger partial charge on any atom is 0.543 e. The Morgan fingerprint density at radius 3 is 1.36 bits per heavy atom. The molecule has 0 aliphatic carbocycles. The Labute approximate surface area is 160 Å². The van der Waals surface area contributed by atoms with E-state index in [1.165, 1.54) is 12.2 Å². The summed E-state index contributed by atoms with van der Waals surface area (Å²) in [7, 11) is 0. The summed E-state index contributed by atoms with van der Waals surface area (Å²) in [6, 6.07) is 0. The minimum atomic E-state index is -1.16. The van der Waals surface area contributed by atoms with Gasteiger partial charge in [0, 0.05) is 12.2 Å². The van der Waals surface area contributed by atoms with Crippen LogP contribution in [0.4, 0.5) is 9.59 Å². The predicted octanol–water partition coefficient (Wildman–Crippen LogP) is 2.79. The van der Waals surface area contributed by atoms with E-state index in [-0.39, 0.29) is 13.2 Å². The lowest BCUT2D eigenvalue weighted by Crippen LogP contribution is -2.12. The average Bonchev–Trinajstić information content (AvgIpc) is 2.64. The molecule has 0 N–H and O–H groups in total. The first-order valence-electron chi connectivity index (χ1n) is 8.18. The highest BCUT2D eigenvalue weighted by atomic mass is 17.5. The highest BCUT2D eigenvalue weighted by molar-refractivity contribution is 5.81. The lowest BCUT2D eigenvalue weighted by atomic mass is 10.2. The molecule has 0 radical (unpaired) electrons. The van der Waals surface area contributed by atoms with E-state index in [2.05, 4.69) is 39.1 Å². The maximum atomic E-state index is 11.1. The summed E-state index contributed by atoms with van der Waals surface area (Å²) >= 11 is 0. The zero-order valence-electron chi connectivity index (χ0n) is 15.5. The van der Waals surface area contributed by atoms with Crippen molar-refractivity contribution in [3.05, 3.63) is 24.3 Å². The second-order valence-electron chi connectivity index (χ2n) is 4.72. The molecule has 0 amide bonds. The normalized spacial score (nSPS) is 10.5. The minimum Gasteiger partial charge on any atom is -0.432 e. The first-order valence-corrected chi connectivity index (χ1v) is 8.18. The van der Waals surface area contributed by atoms with E-state index in [4.69, 9.17) is 0 Å². The Bertz CT molecular complexity index is 492. The largest absolute Gasteiger partial charge is 0.543 e. The zero-order valence-corrected chi connectivity index (χ0v) is 15.5. The summed E-state index contributed by atoms with van der Waals surface area (Å²) < 4.78 is 9.29. The van der Waals surface area contributed by atoms with Crippen molar-refractivity contribution in [1.29, 1.82) is 0 Å². The van der Waals surface area contributed by atoms with Crippen molar-refractivity contribution >= 4 is 24.2 Å². The van der Waals surface area contributed by atoms with Crippen molar-refractivity contribution in [3.8, 4) is 0 Å². The third kappa shape index (κ3) is 16.4. The second kappa shape index (κ2) is 17.3. The number of carbonyl (C=O) groups excluding carboxylic acids is 4. The topological polar surface area (TPSA) is 142 Å². The highest BCUT2D eigenvalue weighted by Gasteiger charge is 2.09. The molecule has 0 unspecified atom stereocenters. The Balaban J connectivity index is 3.45. The molecule has 0 aromatic rings. The molecular formula is C16H22O12. The van der Waals surface area contributed by atoms with Gasteiger partial charge in [-0.2, -0.15) is 0 Å². The van der Waals surface area contributed by atoms with Crippen LogP contribution in [0.1, 0.15) is 39.5 Å². The zero-order chi connectivity index (χ0) is 21.0. The number of ether oxygens (including phenoxy) is 2. The van der Waals surface area contributed by atoms with E-state index in [9.17, 15) is 19.2 Å². The van der Waals surface area contributed by atoms with Gasteiger partial charge in [-0.05, 0) is 39.5 Å². The molecule has 12 heteroatoms. The lowest BCUT2D eigenvalue weighted by molar-refractivity contribution is -0.457. The standard InChI is InChI=1S/C16H22O12/c1-3-9-13(17)23-27-25-15(19)21-11-7-5-6-8-12-22-16(20)26-28-24-14(18)10-4-2/h3-4,9-10H,5-8,11-12H2,1-2H3. The van der Waals surface area contributed by atoms with E-state index in [1.54, 1.807) is 13.8 Å². The van der Waals surface area contributed by atoms with Gasteiger partial charge >= 0.3 is 24.2 Å². The van der Waals surface area contributed by atoms with Crippen LogP contribution in [-0.2, 0) is 48.7 Å². The molecule has 12 nitrogen and oxygen atoms in total. The van der Waals surface area contributed by atoms with Crippen molar-refractivity contribution in [1.82, 2.24) is 0 Å². The SMILES string of the molecule is CC=CC(=O)OOOC(=O)OCCCCCCOC(=O)OOOC(=O)C=CC. The molecule has 0 saturated heterocycles. The van der Waals surface area contributed by atoms with E-state index in [0.717, 1.165) is 12.2 Å². The average molecular weight is 406 g/mol. The molecular weight excluding hydrogens is 384 g/mol. The van der Waals surface area contributed by atoms with Crippen LogP contribution in [0.2, 0.25) is 0 Å². The fourth-order valence-electron chi connectivity index (χ4n) is 1.40. The van der Waals surface area contributed by atoms with E-state index in [1.807, 2.05) is 0 Å². The van der Waals surface area contributed by atoms with E-state index < -0.39 is 24.2 Å². The fraction of sp³-hybridized carbons (Fsp3) is 0.500. The Hall–Kier alpha value is -3.12. The number of hydrogen-bond acceptors (Lipinski definition) is 12. The first-order chi connectivity index (χ1) is 13.5. The van der Waals surface area contributed by atoms with Gasteiger partial charge in [-0.1, -0.05) is 12.2 Å². The summed E-state index contributed by atoms with van der Waals surface area (Å²) in [5.74, 6) is -1.69. The van der Waals surface area contributed by atoms with Gasteiger partial charge < -0.3 is 9.47 Å². The van der Waals surface area contributed by atoms with Crippen LogP contribution in [0.25, 0.3) is 0 Å².